The van der Waals surface area contributed by atoms with E-state index >= 15 is 0 Å². The molecule has 7 nitrogen and oxygen atoms in total. The fourth-order valence-electron chi connectivity index (χ4n) is 5.91. The quantitative estimate of drug-likeness (QED) is 0.229. The molecule has 4 heterocycles. The molecule has 8 aromatic rings. The Morgan fingerprint density at radius 1 is 0.525 bits per heavy atom. The molecule has 0 aliphatic heterocycles. The maximum Gasteiger partial charge on any atom is 0.117 e. The number of H-pyrrole nitrogens is 2. The maximum atomic E-state index is 4.96. The molecule has 8 rings (SSSR count). The van der Waals surface area contributed by atoms with Crippen molar-refractivity contribution in [3.63, 3.8) is 0 Å². The van der Waals surface area contributed by atoms with Gasteiger partial charge in [0.05, 0.1) is 22.1 Å². The van der Waals surface area contributed by atoms with E-state index in [2.05, 4.69) is 85.1 Å². The molecule has 0 saturated heterocycles. The van der Waals surface area contributed by atoms with Gasteiger partial charge in [0.15, 0.2) is 0 Å². The number of benzene rings is 4. The third-order valence-corrected chi connectivity index (χ3v) is 7.99. The molecule has 0 bridgehead atoms. The summed E-state index contributed by atoms with van der Waals surface area (Å²) < 4.78 is 0. The fraction of sp³-hybridized carbons (Fsp3) is 0.182. The number of fused-ring (bicyclic) bond motifs is 12. The molecule has 0 aliphatic carbocycles. The van der Waals surface area contributed by atoms with Gasteiger partial charge in [0.1, 0.15) is 22.7 Å². The zero-order valence-electron chi connectivity index (χ0n) is 22.7. The Bertz CT molecular complexity index is 2130. The van der Waals surface area contributed by atoms with Crippen LogP contribution in [0.4, 0.5) is 0 Å². The van der Waals surface area contributed by atoms with Gasteiger partial charge >= 0.3 is 0 Å². The highest BCUT2D eigenvalue weighted by atomic mass is 14.9. The molecular weight excluding hydrogens is 494 g/mol. The monoisotopic (exact) mass is 521 g/mol. The summed E-state index contributed by atoms with van der Waals surface area (Å²) in [6.45, 7) is 8.61. The molecule has 2 N–H and O–H groups in total. The smallest absolute Gasteiger partial charge is 0.117 e. The normalized spacial score (nSPS) is 12.4. The summed E-state index contributed by atoms with van der Waals surface area (Å²) in [4.78, 5) is 30.9. The molecule has 7 heteroatoms. The van der Waals surface area contributed by atoms with Crippen molar-refractivity contribution in [1.29, 1.82) is 0 Å². The zero-order valence-corrected chi connectivity index (χ0v) is 22.7. The highest BCUT2D eigenvalue weighted by molar-refractivity contribution is 6.24. The molecule has 0 unspecified atom stereocenters. The van der Waals surface area contributed by atoms with E-state index in [1.54, 1.807) is 12.4 Å². The van der Waals surface area contributed by atoms with Crippen molar-refractivity contribution in [2.75, 3.05) is 0 Å². The van der Waals surface area contributed by atoms with Crippen molar-refractivity contribution in [2.45, 2.75) is 39.5 Å². The number of aromatic nitrogens is 7. The number of aromatic amines is 2. The molecule has 0 radical (unpaired) electrons. The molecule has 194 valence electrons. The number of rotatable bonds is 3. The van der Waals surface area contributed by atoms with Gasteiger partial charge in [-0.25, -0.2) is 9.97 Å². The first-order valence-corrected chi connectivity index (χ1v) is 13.7. The third kappa shape index (κ3) is 3.21. The van der Waals surface area contributed by atoms with E-state index in [9.17, 15) is 0 Å². The van der Waals surface area contributed by atoms with Crippen LogP contribution >= 0.6 is 0 Å². The van der Waals surface area contributed by atoms with Crippen molar-refractivity contribution >= 4 is 65.4 Å². The summed E-state index contributed by atoms with van der Waals surface area (Å²) >= 11 is 0. The summed E-state index contributed by atoms with van der Waals surface area (Å²) in [6.07, 6.45) is 7.29. The molecule has 0 atom stereocenters. The minimum atomic E-state index is 0.286. The lowest BCUT2D eigenvalue weighted by Crippen LogP contribution is -1.89. The summed E-state index contributed by atoms with van der Waals surface area (Å²) in [6, 6.07) is 15.4. The van der Waals surface area contributed by atoms with E-state index in [-0.39, 0.29) is 5.92 Å². The average Bonchev–Trinajstić information content (AvgIpc) is 3.64. The van der Waals surface area contributed by atoms with Crippen LogP contribution < -0.4 is 0 Å². The number of hydrogen-bond donors (Lipinski definition) is 2. The highest BCUT2D eigenvalue weighted by Gasteiger charge is 2.18. The van der Waals surface area contributed by atoms with Crippen molar-refractivity contribution < 1.29 is 0 Å². The lowest BCUT2D eigenvalue weighted by molar-refractivity contribution is 0.799. The van der Waals surface area contributed by atoms with Gasteiger partial charge < -0.3 is 9.97 Å². The molecular formula is C33H27N7. The van der Waals surface area contributed by atoms with Gasteiger partial charge in [-0.05, 0) is 40.1 Å². The molecule has 4 aromatic carbocycles. The first kappa shape index (κ1) is 23.0. The summed E-state index contributed by atoms with van der Waals surface area (Å²) in [5.74, 6) is 2.54. The highest BCUT2D eigenvalue weighted by Crippen LogP contribution is 2.39. The van der Waals surface area contributed by atoms with Gasteiger partial charge in [0.25, 0.3) is 0 Å². The van der Waals surface area contributed by atoms with Crippen molar-refractivity contribution in [3.8, 4) is 11.1 Å². The van der Waals surface area contributed by atoms with Crippen molar-refractivity contribution in [2.24, 2.45) is 0 Å². The van der Waals surface area contributed by atoms with E-state index in [0.717, 1.165) is 82.8 Å². The van der Waals surface area contributed by atoms with E-state index in [4.69, 9.17) is 19.9 Å². The minimum absolute atomic E-state index is 0.286. The second-order valence-electron chi connectivity index (χ2n) is 11.2. The van der Waals surface area contributed by atoms with Crippen LogP contribution in [0.25, 0.3) is 76.5 Å². The summed E-state index contributed by atoms with van der Waals surface area (Å²) in [5.41, 5.74) is 7.88. The Hall–Kier alpha value is -4.91. The number of hydrogen-bond acceptors (Lipinski definition) is 5. The summed E-state index contributed by atoms with van der Waals surface area (Å²) in [5, 5.41) is 6.72. The molecule has 0 aliphatic rings. The molecule has 0 fully saturated rings. The number of nitrogens with zero attached hydrogens (tertiary/aromatic N) is 5. The first-order chi connectivity index (χ1) is 19.5. The van der Waals surface area contributed by atoms with Gasteiger partial charge in [-0.3, -0.25) is 15.0 Å². The van der Waals surface area contributed by atoms with Crippen LogP contribution in [0.15, 0.2) is 67.3 Å². The summed E-state index contributed by atoms with van der Waals surface area (Å²) in [7, 11) is 0. The van der Waals surface area contributed by atoms with E-state index in [1.807, 2.05) is 12.4 Å². The zero-order chi connectivity index (χ0) is 27.1. The van der Waals surface area contributed by atoms with Crippen molar-refractivity contribution in [1.82, 2.24) is 34.9 Å². The Labute approximate surface area is 229 Å². The lowest BCUT2D eigenvalue weighted by atomic mass is 9.95. The first-order valence-electron chi connectivity index (χ1n) is 13.7. The van der Waals surface area contributed by atoms with Crippen LogP contribution in [-0.2, 0) is 0 Å². The minimum Gasteiger partial charge on any atom is -0.341 e. The number of nitrogens with one attached hydrogen (secondary N) is 2. The largest absolute Gasteiger partial charge is 0.341 e. The lowest BCUT2D eigenvalue weighted by Gasteiger charge is -2.10. The van der Waals surface area contributed by atoms with E-state index in [1.165, 1.54) is 5.39 Å². The second kappa shape index (κ2) is 8.29. The average molecular weight is 522 g/mol. The Morgan fingerprint density at radius 3 is 1.82 bits per heavy atom. The second-order valence-corrected chi connectivity index (χ2v) is 11.2. The SMILES string of the molecule is CC(C)c1nc2c3cnccc3c3cc(-c4ccc5c(c4)c4nccnc4c4nc(C(C)C)[nH]c54)ccc3c2[nH]1. The van der Waals surface area contributed by atoms with Crippen LogP contribution in [-0.4, -0.2) is 34.9 Å². The van der Waals surface area contributed by atoms with Crippen LogP contribution in [0.5, 0.6) is 0 Å². The van der Waals surface area contributed by atoms with Crippen LogP contribution in [0, 0.1) is 0 Å². The Morgan fingerprint density at radius 2 is 1.12 bits per heavy atom. The van der Waals surface area contributed by atoms with Gasteiger partial charge in [-0.1, -0.05) is 52.0 Å². The molecule has 0 spiro atoms. The third-order valence-electron chi connectivity index (χ3n) is 7.99. The molecule has 40 heavy (non-hydrogen) atoms. The van der Waals surface area contributed by atoms with Crippen LogP contribution in [0.3, 0.4) is 0 Å². The van der Waals surface area contributed by atoms with Crippen LogP contribution in [0.1, 0.15) is 51.2 Å². The fourth-order valence-corrected chi connectivity index (χ4v) is 5.91. The van der Waals surface area contributed by atoms with Gasteiger partial charge in [-0.15, -0.1) is 0 Å². The predicted octanol–water partition coefficient (Wildman–Crippen LogP) is 8.15. The Balaban J connectivity index is 1.41. The van der Waals surface area contributed by atoms with Gasteiger partial charge in [0, 0.05) is 58.2 Å². The number of pyridine rings is 1. The molecule has 4 aromatic heterocycles. The van der Waals surface area contributed by atoms with E-state index in [0.29, 0.717) is 5.92 Å². The molecule has 0 amide bonds. The number of imidazole rings is 2. The van der Waals surface area contributed by atoms with Crippen LogP contribution in [0.2, 0.25) is 0 Å². The van der Waals surface area contributed by atoms with Gasteiger partial charge in [-0.2, -0.15) is 0 Å². The standard InChI is InChI=1S/C33H27N7/c1-16(2)32-37-27-21-7-5-18(13-23(21)20-9-10-34-15-25(20)29(27)39-32)19-6-8-22-24(14-19)26-30(36-12-11-35-26)31-28(22)38-33(40-31)17(3)4/h5-17H,1-4H3,(H,37,39)(H,38,40). The van der Waals surface area contributed by atoms with E-state index < -0.39 is 0 Å². The van der Waals surface area contributed by atoms with Crippen molar-refractivity contribution in [3.05, 3.63) is 78.9 Å². The van der Waals surface area contributed by atoms with Gasteiger partial charge in [0.2, 0.25) is 0 Å². The topological polar surface area (TPSA) is 96.0 Å². The predicted molar refractivity (Wildman–Crippen MR) is 163 cm³/mol. The molecule has 0 saturated carbocycles. The Kier molecular flexibility index (Phi) is 4.77. The maximum absolute atomic E-state index is 4.96.